The van der Waals surface area contributed by atoms with E-state index in [9.17, 15) is 0 Å². The maximum absolute atomic E-state index is 5.26. The first kappa shape index (κ1) is 11.7. The Morgan fingerprint density at radius 1 is 1.33 bits per heavy atom. The van der Waals surface area contributed by atoms with E-state index in [1.54, 1.807) is 13.3 Å². The molecule has 0 radical (unpaired) electrons. The molecule has 1 fully saturated rings. The van der Waals surface area contributed by atoms with Gasteiger partial charge in [-0.05, 0) is 43.5 Å². The minimum Gasteiger partial charge on any atom is -0.495 e. The summed E-state index contributed by atoms with van der Waals surface area (Å²) in [6, 6.07) is 3.41. The summed E-state index contributed by atoms with van der Waals surface area (Å²) in [4.78, 5) is 6.79. The molecule has 3 heteroatoms. The molecule has 1 aromatic heterocycles. The van der Waals surface area contributed by atoms with Crippen LogP contribution in [0, 0.1) is 0 Å². The molecule has 0 aromatic carbocycles. The Bertz CT molecular complexity index is 469. The van der Waals surface area contributed by atoms with Crippen LogP contribution in [0.15, 0.2) is 24.5 Å². The average molecular weight is 244 g/mol. The first-order valence-electron chi connectivity index (χ1n) is 6.70. The van der Waals surface area contributed by atoms with E-state index >= 15 is 0 Å². The average Bonchev–Trinajstić information content (AvgIpc) is 2.38. The Hall–Kier alpha value is -1.35. The van der Waals surface area contributed by atoms with E-state index in [0.29, 0.717) is 12.1 Å². The molecule has 3 nitrogen and oxygen atoms in total. The van der Waals surface area contributed by atoms with E-state index in [1.165, 1.54) is 30.4 Å². The maximum atomic E-state index is 5.26. The summed E-state index contributed by atoms with van der Waals surface area (Å²) in [5.41, 5.74) is 2.66. The quantitative estimate of drug-likeness (QED) is 0.800. The van der Waals surface area contributed by atoms with Gasteiger partial charge in [0.15, 0.2) is 0 Å². The van der Waals surface area contributed by atoms with E-state index in [2.05, 4.69) is 29.1 Å². The number of methoxy groups -OCH3 is 1. The lowest BCUT2D eigenvalue weighted by molar-refractivity contribution is 0.137. The van der Waals surface area contributed by atoms with Crippen LogP contribution in [-0.4, -0.2) is 36.1 Å². The van der Waals surface area contributed by atoms with Crippen LogP contribution in [0.4, 0.5) is 0 Å². The van der Waals surface area contributed by atoms with E-state index < -0.39 is 0 Å². The topological polar surface area (TPSA) is 25.4 Å². The number of likely N-dealkylation sites (N-methyl/N-ethyl adjacent to an activating group) is 1. The van der Waals surface area contributed by atoms with E-state index in [4.69, 9.17) is 4.74 Å². The minimum atomic E-state index is 0.610. The van der Waals surface area contributed by atoms with Gasteiger partial charge in [0.25, 0.3) is 0 Å². The second kappa shape index (κ2) is 4.73. The number of aromatic nitrogens is 1. The number of pyridine rings is 1. The van der Waals surface area contributed by atoms with Gasteiger partial charge < -0.3 is 4.74 Å². The van der Waals surface area contributed by atoms with Gasteiger partial charge in [-0.25, -0.2) is 0 Å². The highest BCUT2D eigenvalue weighted by Crippen LogP contribution is 2.36. The molecule has 0 amide bonds. The van der Waals surface area contributed by atoms with Gasteiger partial charge in [-0.15, -0.1) is 0 Å². The molecule has 0 saturated carbocycles. The molecule has 2 bridgehead atoms. The van der Waals surface area contributed by atoms with Gasteiger partial charge in [-0.1, -0.05) is 12.5 Å². The third kappa shape index (κ3) is 2.03. The summed E-state index contributed by atoms with van der Waals surface area (Å²) >= 11 is 0. The van der Waals surface area contributed by atoms with Gasteiger partial charge in [0.2, 0.25) is 0 Å². The number of piperidine rings is 1. The van der Waals surface area contributed by atoms with Crippen LogP contribution < -0.4 is 4.74 Å². The molecule has 3 heterocycles. The van der Waals surface area contributed by atoms with Crippen LogP contribution in [-0.2, 0) is 0 Å². The molecule has 2 aliphatic heterocycles. The van der Waals surface area contributed by atoms with Crippen molar-refractivity contribution in [2.45, 2.75) is 37.8 Å². The fraction of sp³-hybridized carbons (Fsp3) is 0.533. The van der Waals surface area contributed by atoms with Crippen molar-refractivity contribution in [1.29, 1.82) is 0 Å². The number of fused-ring (bicyclic) bond motifs is 2. The lowest BCUT2D eigenvalue weighted by atomic mass is 9.83. The molecule has 1 saturated heterocycles. The minimum absolute atomic E-state index is 0.610. The van der Waals surface area contributed by atoms with Gasteiger partial charge in [0.05, 0.1) is 13.3 Å². The van der Waals surface area contributed by atoms with Crippen molar-refractivity contribution in [3.63, 3.8) is 0 Å². The highest BCUT2D eigenvalue weighted by molar-refractivity contribution is 5.68. The van der Waals surface area contributed by atoms with Crippen molar-refractivity contribution in [2.75, 3.05) is 14.2 Å². The Balaban J connectivity index is 1.92. The van der Waals surface area contributed by atoms with Crippen LogP contribution in [0.2, 0.25) is 0 Å². The van der Waals surface area contributed by atoms with Crippen LogP contribution in [0.25, 0.3) is 5.57 Å². The summed E-state index contributed by atoms with van der Waals surface area (Å²) in [5.74, 6) is 0.845. The Labute approximate surface area is 108 Å². The van der Waals surface area contributed by atoms with Crippen molar-refractivity contribution in [3.8, 4) is 5.75 Å². The summed E-state index contributed by atoms with van der Waals surface area (Å²) < 4.78 is 5.26. The summed E-state index contributed by atoms with van der Waals surface area (Å²) in [6.07, 6.45) is 11.2. The fourth-order valence-electron chi connectivity index (χ4n) is 3.16. The summed E-state index contributed by atoms with van der Waals surface area (Å²) in [7, 11) is 3.95. The van der Waals surface area contributed by atoms with Crippen molar-refractivity contribution in [3.05, 3.63) is 30.1 Å². The van der Waals surface area contributed by atoms with Crippen molar-refractivity contribution >= 4 is 5.57 Å². The third-order valence-corrected chi connectivity index (χ3v) is 4.31. The lowest BCUT2D eigenvalue weighted by Gasteiger charge is -2.42. The second-order valence-electron chi connectivity index (χ2n) is 5.33. The van der Waals surface area contributed by atoms with Crippen molar-refractivity contribution < 1.29 is 4.74 Å². The van der Waals surface area contributed by atoms with Gasteiger partial charge in [0, 0.05) is 18.3 Å². The monoisotopic (exact) mass is 244 g/mol. The predicted octanol–water partition coefficient (Wildman–Crippen LogP) is 2.73. The van der Waals surface area contributed by atoms with Crippen molar-refractivity contribution in [2.24, 2.45) is 0 Å². The summed E-state index contributed by atoms with van der Waals surface area (Å²) in [6.45, 7) is 0. The maximum Gasteiger partial charge on any atom is 0.137 e. The molecular formula is C15H20N2O. The first-order chi connectivity index (χ1) is 8.78. The SMILES string of the molecule is COc1cncc(C2=CC3CCCC(C2)N3C)c1. The summed E-state index contributed by atoms with van der Waals surface area (Å²) in [5, 5.41) is 0. The zero-order chi connectivity index (χ0) is 12.5. The molecule has 0 aliphatic carbocycles. The van der Waals surface area contributed by atoms with E-state index in [-0.39, 0.29) is 0 Å². The molecule has 2 aliphatic rings. The molecule has 0 spiro atoms. The van der Waals surface area contributed by atoms with Gasteiger partial charge >= 0.3 is 0 Å². The van der Waals surface area contributed by atoms with Gasteiger partial charge in [0.1, 0.15) is 5.75 Å². The number of rotatable bonds is 2. The predicted molar refractivity (Wildman–Crippen MR) is 72.6 cm³/mol. The molecular weight excluding hydrogens is 224 g/mol. The highest BCUT2D eigenvalue weighted by atomic mass is 16.5. The number of hydrogen-bond donors (Lipinski definition) is 0. The first-order valence-corrected chi connectivity index (χ1v) is 6.70. The molecule has 96 valence electrons. The largest absolute Gasteiger partial charge is 0.495 e. The van der Waals surface area contributed by atoms with E-state index in [1.807, 2.05) is 6.20 Å². The Morgan fingerprint density at radius 3 is 3.00 bits per heavy atom. The third-order valence-electron chi connectivity index (χ3n) is 4.31. The smallest absolute Gasteiger partial charge is 0.137 e. The standard InChI is InChI=1S/C15H20N2O/c1-17-13-4-3-5-14(17)7-11(6-13)12-8-15(18-2)10-16-9-12/h6,8-10,13-14H,3-5,7H2,1-2H3. The van der Waals surface area contributed by atoms with E-state index in [0.717, 1.165) is 12.2 Å². The zero-order valence-electron chi connectivity index (χ0n) is 11.1. The number of hydrogen-bond acceptors (Lipinski definition) is 3. The second-order valence-corrected chi connectivity index (χ2v) is 5.33. The van der Waals surface area contributed by atoms with Gasteiger partial charge in [-0.2, -0.15) is 0 Å². The van der Waals surface area contributed by atoms with Crippen LogP contribution in [0.5, 0.6) is 5.75 Å². The molecule has 2 atom stereocenters. The molecule has 0 N–H and O–H groups in total. The normalized spacial score (nSPS) is 27.8. The molecule has 3 rings (SSSR count). The number of ether oxygens (including phenoxy) is 1. The van der Waals surface area contributed by atoms with Crippen LogP contribution in [0.1, 0.15) is 31.2 Å². The molecule has 18 heavy (non-hydrogen) atoms. The van der Waals surface area contributed by atoms with Crippen LogP contribution in [0.3, 0.4) is 0 Å². The lowest BCUT2D eigenvalue weighted by Crippen LogP contribution is -2.45. The Kier molecular flexibility index (Phi) is 3.08. The molecule has 1 aromatic rings. The highest BCUT2D eigenvalue weighted by Gasteiger charge is 2.31. The van der Waals surface area contributed by atoms with Crippen molar-refractivity contribution in [1.82, 2.24) is 9.88 Å². The zero-order valence-corrected chi connectivity index (χ0v) is 11.1. The molecule has 2 unspecified atom stereocenters. The number of nitrogens with zero attached hydrogens (tertiary/aromatic N) is 2. The Morgan fingerprint density at radius 2 is 2.22 bits per heavy atom. The van der Waals surface area contributed by atoms with Gasteiger partial charge in [-0.3, -0.25) is 9.88 Å². The van der Waals surface area contributed by atoms with Crippen LogP contribution >= 0.6 is 0 Å². The fourth-order valence-corrected chi connectivity index (χ4v) is 3.16.